The van der Waals surface area contributed by atoms with Crippen LogP contribution in [-0.4, -0.2) is 26.3 Å². The van der Waals surface area contributed by atoms with Gasteiger partial charge in [0.2, 0.25) is 0 Å². The molecule has 3 rings (SSSR count). The van der Waals surface area contributed by atoms with E-state index in [0.29, 0.717) is 6.04 Å². The van der Waals surface area contributed by atoms with E-state index in [4.69, 9.17) is 9.47 Å². The number of rotatable bonds is 4. The fourth-order valence-corrected chi connectivity index (χ4v) is 2.71. The van der Waals surface area contributed by atoms with Crippen molar-refractivity contribution in [3.8, 4) is 5.75 Å². The number of ether oxygens (including phenoxy) is 2. The predicted molar refractivity (Wildman–Crippen MR) is 83.6 cm³/mol. The van der Waals surface area contributed by atoms with Crippen molar-refractivity contribution in [1.29, 1.82) is 0 Å². The Morgan fingerprint density at radius 2 is 2.00 bits per heavy atom. The Balaban J connectivity index is 1.57. The molecule has 1 fully saturated rings. The van der Waals surface area contributed by atoms with Gasteiger partial charge >= 0.3 is 0 Å². The van der Waals surface area contributed by atoms with Gasteiger partial charge in [0.1, 0.15) is 5.75 Å². The number of benzene rings is 2. The molecule has 0 radical (unpaired) electrons. The van der Waals surface area contributed by atoms with E-state index in [1.807, 2.05) is 24.3 Å². The average Bonchev–Trinajstić information content (AvgIpc) is 2.56. The number of nitrogens with one attached hydrogen (secondary N) is 1. The molecule has 1 N–H and O–H groups in total. The third kappa shape index (κ3) is 3.63. The molecule has 3 heteroatoms. The summed E-state index contributed by atoms with van der Waals surface area (Å²) in [7, 11) is 1.69. The predicted octanol–water partition coefficient (Wildman–Crippen LogP) is 2.97. The smallest absolute Gasteiger partial charge is 0.119 e. The molecule has 2 aromatic rings. The van der Waals surface area contributed by atoms with Crippen molar-refractivity contribution in [2.24, 2.45) is 0 Å². The van der Waals surface area contributed by atoms with Crippen LogP contribution in [0, 0.1) is 0 Å². The summed E-state index contributed by atoms with van der Waals surface area (Å²) >= 11 is 0. The molecule has 2 atom stereocenters. The Hall–Kier alpha value is -1.84. The van der Waals surface area contributed by atoms with Crippen molar-refractivity contribution in [2.75, 3.05) is 20.3 Å². The Morgan fingerprint density at radius 1 is 1.14 bits per heavy atom. The lowest BCUT2D eigenvalue weighted by Gasteiger charge is -2.31. The lowest BCUT2D eigenvalue weighted by atomic mass is 10.0. The zero-order chi connectivity index (χ0) is 14.5. The van der Waals surface area contributed by atoms with Crippen molar-refractivity contribution < 1.29 is 9.47 Å². The van der Waals surface area contributed by atoms with Crippen molar-refractivity contribution in [1.82, 2.24) is 5.32 Å². The zero-order valence-electron chi connectivity index (χ0n) is 12.3. The van der Waals surface area contributed by atoms with Crippen LogP contribution in [-0.2, 0) is 11.2 Å². The highest BCUT2D eigenvalue weighted by atomic mass is 16.5. The quantitative estimate of drug-likeness (QED) is 0.936. The average molecular weight is 283 g/mol. The molecule has 2 aromatic carbocycles. The fourth-order valence-electron chi connectivity index (χ4n) is 2.71. The van der Waals surface area contributed by atoms with Gasteiger partial charge in [-0.15, -0.1) is 0 Å². The summed E-state index contributed by atoms with van der Waals surface area (Å²) in [6.07, 6.45) is 1.11. The zero-order valence-corrected chi connectivity index (χ0v) is 12.3. The van der Waals surface area contributed by atoms with Crippen LogP contribution in [0.1, 0.15) is 17.2 Å². The number of hydrogen-bond acceptors (Lipinski definition) is 3. The van der Waals surface area contributed by atoms with Crippen LogP contribution in [0.3, 0.4) is 0 Å². The molecule has 1 aliphatic heterocycles. The SMILES string of the molecule is COc1cccc(C2CNC(Cc3ccccc3)CO2)c1. The highest BCUT2D eigenvalue weighted by Gasteiger charge is 2.22. The van der Waals surface area contributed by atoms with E-state index in [1.165, 1.54) is 11.1 Å². The van der Waals surface area contributed by atoms with E-state index in [2.05, 4.69) is 35.6 Å². The van der Waals surface area contributed by atoms with E-state index < -0.39 is 0 Å². The van der Waals surface area contributed by atoms with Gasteiger partial charge in [-0.1, -0.05) is 42.5 Å². The fraction of sp³-hybridized carbons (Fsp3) is 0.333. The minimum Gasteiger partial charge on any atom is -0.497 e. The number of hydrogen-bond donors (Lipinski definition) is 1. The first-order chi connectivity index (χ1) is 10.3. The molecular formula is C18H21NO2. The summed E-state index contributed by atoms with van der Waals surface area (Å²) in [5.74, 6) is 0.877. The van der Waals surface area contributed by atoms with Crippen LogP contribution in [0.15, 0.2) is 54.6 Å². The maximum atomic E-state index is 6.03. The molecule has 1 saturated heterocycles. The van der Waals surface area contributed by atoms with Crippen LogP contribution in [0.5, 0.6) is 5.75 Å². The summed E-state index contributed by atoms with van der Waals surface area (Å²) in [6, 6.07) is 19.0. The molecule has 110 valence electrons. The summed E-state index contributed by atoms with van der Waals surface area (Å²) in [6.45, 7) is 1.57. The molecule has 0 aromatic heterocycles. The van der Waals surface area contributed by atoms with Gasteiger partial charge in [0, 0.05) is 12.6 Å². The Labute approximate surface area is 125 Å². The normalized spacial score (nSPS) is 22.0. The van der Waals surface area contributed by atoms with Gasteiger partial charge in [-0.05, 0) is 29.7 Å². The van der Waals surface area contributed by atoms with E-state index in [0.717, 1.165) is 25.3 Å². The Bertz CT molecular complexity index is 562. The third-order valence-electron chi connectivity index (χ3n) is 3.88. The summed E-state index contributed by atoms with van der Waals surface area (Å²) < 4.78 is 11.3. The summed E-state index contributed by atoms with van der Waals surface area (Å²) in [5, 5.41) is 3.59. The van der Waals surface area contributed by atoms with Crippen LogP contribution < -0.4 is 10.1 Å². The lowest BCUT2D eigenvalue weighted by molar-refractivity contribution is 0.00298. The monoisotopic (exact) mass is 283 g/mol. The third-order valence-corrected chi connectivity index (χ3v) is 3.88. The van der Waals surface area contributed by atoms with Gasteiger partial charge in [-0.25, -0.2) is 0 Å². The topological polar surface area (TPSA) is 30.5 Å². The van der Waals surface area contributed by atoms with Crippen LogP contribution in [0.25, 0.3) is 0 Å². The van der Waals surface area contributed by atoms with Crippen LogP contribution in [0.4, 0.5) is 0 Å². The molecule has 3 nitrogen and oxygen atoms in total. The van der Waals surface area contributed by atoms with Gasteiger partial charge in [-0.3, -0.25) is 0 Å². The van der Waals surface area contributed by atoms with E-state index in [1.54, 1.807) is 7.11 Å². The minimum absolute atomic E-state index is 0.104. The minimum atomic E-state index is 0.104. The van der Waals surface area contributed by atoms with Crippen molar-refractivity contribution in [2.45, 2.75) is 18.6 Å². The first-order valence-corrected chi connectivity index (χ1v) is 7.38. The summed E-state index contributed by atoms with van der Waals surface area (Å²) in [5.41, 5.74) is 2.51. The molecule has 1 heterocycles. The first kappa shape index (κ1) is 14.1. The van der Waals surface area contributed by atoms with Crippen LogP contribution >= 0.6 is 0 Å². The molecule has 0 spiro atoms. The van der Waals surface area contributed by atoms with Crippen molar-refractivity contribution in [3.05, 3.63) is 65.7 Å². The van der Waals surface area contributed by atoms with Crippen molar-refractivity contribution in [3.63, 3.8) is 0 Å². The second-order valence-electron chi connectivity index (χ2n) is 5.39. The number of morpholine rings is 1. The standard InChI is InChI=1S/C18H21NO2/c1-20-17-9-5-8-15(11-17)18-12-19-16(13-21-18)10-14-6-3-2-4-7-14/h2-9,11,16,18-19H,10,12-13H2,1H3. The van der Waals surface area contributed by atoms with Crippen LogP contribution in [0.2, 0.25) is 0 Å². The second-order valence-corrected chi connectivity index (χ2v) is 5.39. The first-order valence-electron chi connectivity index (χ1n) is 7.38. The largest absolute Gasteiger partial charge is 0.497 e. The van der Waals surface area contributed by atoms with E-state index in [-0.39, 0.29) is 6.10 Å². The molecule has 0 aliphatic carbocycles. The highest BCUT2D eigenvalue weighted by molar-refractivity contribution is 5.30. The lowest BCUT2D eigenvalue weighted by Crippen LogP contribution is -2.44. The van der Waals surface area contributed by atoms with Gasteiger partial charge < -0.3 is 14.8 Å². The Kier molecular flexibility index (Phi) is 4.53. The van der Waals surface area contributed by atoms with Crippen molar-refractivity contribution >= 4 is 0 Å². The molecule has 1 aliphatic rings. The Morgan fingerprint density at radius 3 is 2.71 bits per heavy atom. The van der Waals surface area contributed by atoms with Gasteiger partial charge in [0.25, 0.3) is 0 Å². The highest BCUT2D eigenvalue weighted by Crippen LogP contribution is 2.24. The molecule has 0 bridgehead atoms. The van der Waals surface area contributed by atoms with E-state index >= 15 is 0 Å². The molecule has 21 heavy (non-hydrogen) atoms. The molecule has 0 amide bonds. The second kappa shape index (κ2) is 6.74. The van der Waals surface area contributed by atoms with E-state index in [9.17, 15) is 0 Å². The van der Waals surface area contributed by atoms with Gasteiger partial charge in [-0.2, -0.15) is 0 Å². The summed E-state index contributed by atoms with van der Waals surface area (Å²) in [4.78, 5) is 0. The molecular weight excluding hydrogens is 262 g/mol. The molecule has 2 unspecified atom stereocenters. The van der Waals surface area contributed by atoms with Gasteiger partial charge in [0.05, 0.1) is 19.8 Å². The number of methoxy groups -OCH3 is 1. The molecule has 0 saturated carbocycles. The maximum absolute atomic E-state index is 6.03. The van der Waals surface area contributed by atoms with Gasteiger partial charge in [0.15, 0.2) is 0 Å². The maximum Gasteiger partial charge on any atom is 0.119 e.